The predicted octanol–water partition coefficient (Wildman–Crippen LogP) is 1.20. The maximum absolute atomic E-state index is 5.26. The van der Waals surface area contributed by atoms with Crippen molar-refractivity contribution in [1.29, 1.82) is 0 Å². The highest BCUT2D eigenvalue weighted by atomic mass is 16.5. The molecule has 0 atom stereocenters. The third-order valence-electron chi connectivity index (χ3n) is 1.31. The molecule has 0 bridgehead atoms. The standard InChI is InChI=1S/C8H11N3O/c1-5-8(3,4)10-7-9-6(2)11-12-7/h1H,2-4H3,(H,9,10,11). The second-order valence-electron chi connectivity index (χ2n) is 3.04. The quantitative estimate of drug-likeness (QED) is 0.669. The first-order chi connectivity index (χ1) is 5.53. The summed E-state index contributed by atoms with van der Waals surface area (Å²) in [6, 6.07) is 0.357. The lowest BCUT2D eigenvalue weighted by Gasteiger charge is -2.16. The Morgan fingerprint density at radius 3 is 2.67 bits per heavy atom. The van der Waals surface area contributed by atoms with Gasteiger partial charge in [0.25, 0.3) is 0 Å². The molecule has 0 saturated heterocycles. The van der Waals surface area contributed by atoms with E-state index in [1.165, 1.54) is 0 Å². The second kappa shape index (κ2) is 2.86. The Bertz CT molecular complexity index is 308. The van der Waals surface area contributed by atoms with Crippen molar-refractivity contribution in [2.45, 2.75) is 26.3 Å². The van der Waals surface area contributed by atoms with Crippen molar-refractivity contribution in [3.05, 3.63) is 5.82 Å². The van der Waals surface area contributed by atoms with Crippen LogP contribution in [0.3, 0.4) is 0 Å². The van der Waals surface area contributed by atoms with Gasteiger partial charge in [-0.05, 0) is 20.8 Å². The fraction of sp³-hybridized carbons (Fsp3) is 0.500. The lowest BCUT2D eigenvalue weighted by atomic mass is 10.1. The van der Waals surface area contributed by atoms with Gasteiger partial charge >= 0.3 is 6.01 Å². The molecule has 0 fully saturated rings. The maximum atomic E-state index is 5.26. The molecule has 0 aliphatic carbocycles. The van der Waals surface area contributed by atoms with Crippen molar-refractivity contribution < 1.29 is 4.52 Å². The number of nitrogens with zero attached hydrogens (tertiary/aromatic N) is 2. The fourth-order valence-corrected chi connectivity index (χ4v) is 0.651. The van der Waals surface area contributed by atoms with Gasteiger partial charge in [0.1, 0.15) is 0 Å². The Labute approximate surface area is 71.4 Å². The molecule has 0 radical (unpaired) electrons. The Kier molecular flexibility index (Phi) is 2.05. The molecule has 4 nitrogen and oxygen atoms in total. The maximum Gasteiger partial charge on any atom is 0.322 e. The molecular weight excluding hydrogens is 154 g/mol. The molecule has 0 aliphatic heterocycles. The fourth-order valence-electron chi connectivity index (χ4n) is 0.651. The van der Waals surface area contributed by atoms with Crippen molar-refractivity contribution in [3.8, 4) is 12.3 Å². The summed E-state index contributed by atoms with van der Waals surface area (Å²) in [6.45, 7) is 5.45. The topological polar surface area (TPSA) is 51.0 Å². The number of terminal acetylenes is 1. The molecule has 0 saturated carbocycles. The molecule has 64 valence electrons. The highest BCUT2D eigenvalue weighted by Crippen LogP contribution is 2.10. The molecule has 1 heterocycles. The minimum Gasteiger partial charge on any atom is -0.322 e. The van der Waals surface area contributed by atoms with Crippen LogP contribution in [-0.2, 0) is 0 Å². The van der Waals surface area contributed by atoms with E-state index in [0.29, 0.717) is 11.8 Å². The van der Waals surface area contributed by atoms with E-state index in [1.807, 2.05) is 13.8 Å². The molecule has 0 spiro atoms. The number of anilines is 1. The van der Waals surface area contributed by atoms with Crippen molar-refractivity contribution in [1.82, 2.24) is 10.1 Å². The van der Waals surface area contributed by atoms with Crippen LogP contribution in [0.2, 0.25) is 0 Å². The number of hydrogen-bond donors (Lipinski definition) is 1. The summed E-state index contributed by atoms with van der Waals surface area (Å²) in [5.74, 6) is 3.15. The van der Waals surface area contributed by atoms with Crippen molar-refractivity contribution in [2.75, 3.05) is 5.32 Å². The first kappa shape index (κ1) is 8.60. The lowest BCUT2D eigenvalue weighted by Crippen LogP contribution is -2.28. The van der Waals surface area contributed by atoms with Gasteiger partial charge in [-0.1, -0.05) is 11.1 Å². The van der Waals surface area contributed by atoms with E-state index in [9.17, 15) is 0 Å². The molecule has 12 heavy (non-hydrogen) atoms. The largest absolute Gasteiger partial charge is 0.322 e. The Morgan fingerprint density at radius 2 is 2.25 bits per heavy atom. The number of nitrogens with one attached hydrogen (secondary N) is 1. The van der Waals surface area contributed by atoms with Crippen LogP contribution >= 0.6 is 0 Å². The van der Waals surface area contributed by atoms with Crippen LogP contribution < -0.4 is 5.32 Å². The lowest BCUT2D eigenvalue weighted by molar-refractivity contribution is 0.419. The number of hydrogen-bond acceptors (Lipinski definition) is 4. The molecule has 1 aromatic rings. The first-order valence-electron chi connectivity index (χ1n) is 3.60. The predicted molar refractivity (Wildman–Crippen MR) is 45.6 cm³/mol. The van der Waals surface area contributed by atoms with Gasteiger partial charge in [0, 0.05) is 0 Å². The van der Waals surface area contributed by atoms with Crippen LogP contribution in [0.5, 0.6) is 0 Å². The molecule has 0 unspecified atom stereocenters. The van der Waals surface area contributed by atoms with E-state index in [2.05, 4.69) is 21.4 Å². The monoisotopic (exact) mass is 165 g/mol. The molecule has 1 aromatic heterocycles. The van der Waals surface area contributed by atoms with Crippen LogP contribution in [0.25, 0.3) is 0 Å². The Balaban J connectivity index is 2.72. The zero-order chi connectivity index (χ0) is 9.19. The molecule has 0 aromatic carbocycles. The Hall–Kier alpha value is -1.50. The van der Waals surface area contributed by atoms with E-state index in [4.69, 9.17) is 10.9 Å². The summed E-state index contributed by atoms with van der Waals surface area (Å²) in [5.41, 5.74) is -0.459. The van der Waals surface area contributed by atoms with Gasteiger partial charge < -0.3 is 9.84 Å². The summed E-state index contributed by atoms with van der Waals surface area (Å²) >= 11 is 0. The van der Waals surface area contributed by atoms with Gasteiger partial charge in [0.2, 0.25) is 0 Å². The van der Waals surface area contributed by atoms with Gasteiger partial charge in [0.05, 0.1) is 5.54 Å². The minimum absolute atomic E-state index is 0.357. The molecule has 0 amide bonds. The van der Waals surface area contributed by atoms with Crippen LogP contribution in [0.1, 0.15) is 19.7 Å². The summed E-state index contributed by atoms with van der Waals surface area (Å²) in [4.78, 5) is 3.96. The normalized spacial score (nSPS) is 10.8. The molecule has 1 rings (SSSR count). The average molecular weight is 165 g/mol. The van der Waals surface area contributed by atoms with Crippen LogP contribution in [0.15, 0.2) is 4.52 Å². The van der Waals surface area contributed by atoms with Crippen LogP contribution in [-0.4, -0.2) is 15.7 Å². The average Bonchev–Trinajstić information content (AvgIpc) is 2.35. The van der Waals surface area contributed by atoms with Crippen molar-refractivity contribution >= 4 is 6.01 Å². The number of rotatable bonds is 2. The van der Waals surface area contributed by atoms with Crippen LogP contribution in [0, 0.1) is 19.3 Å². The third kappa shape index (κ3) is 1.99. The summed E-state index contributed by atoms with van der Waals surface area (Å²) in [5, 5.41) is 6.53. The zero-order valence-electron chi connectivity index (χ0n) is 7.38. The third-order valence-corrected chi connectivity index (χ3v) is 1.31. The second-order valence-corrected chi connectivity index (χ2v) is 3.04. The van der Waals surface area contributed by atoms with Gasteiger partial charge in [-0.2, -0.15) is 4.98 Å². The highest BCUT2D eigenvalue weighted by molar-refractivity contribution is 5.30. The van der Waals surface area contributed by atoms with E-state index in [0.717, 1.165) is 0 Å². The van der Waals surface area contributed by atoms with E-state index in [1.54, 1.807) is 6.92 Å². The summed E-state index contributed by atoms with van der Waals surface area (Å²) < 4.78 is 4.83. The van der Waals surface area contributed by atoms with Gasteiger partial charge in [-0.25, -0.2) is 0 Å². The SMILES string of the molecule is C#CC(C)(C)Nc1nc(C)no1. The number of aryl methyl sites for hydroxylation is 1. The van der Waals surface area contributed by atoms with E-state index >= 15 is 0 Å². The summed E-state index contributed by atoms with van der Waals surface area (Å²) in [7, 11) is 0. The molecule has 0 aliphatic rings. The zero-order valence-corrected chi connectivity index (χ0v) is 7.38. The van der Waals surface area contributed by atoms with Crippen molar-refractivity contribution in [2.24, 2.45) is 0 Å². The molecule has 4 heteroatoms. The van der Waals surface area contributed by atoms with E-state index in [-0.39, 0.29) is 0 Å². The molecular formula is C8H11N3O. The summed E-state index contributed by atoms with van der Waals surface area (Å²) in [6.07, 6.45) is 5.26. The van der Waals surface area contributed by atoms with Crippen molar-refractivity contribution in [3.63, 3.8) is 0 Å². The minimum atomic E-state index is -0.459. The highest BCUT2D eigenvalue weighted by Gasteiger charge is 2.16. The van der Waals surface area contributed by atoms with Gasteiger partial charge in [-0.3, -0.25) is 0 Å². The Morgan fingerprint density at radius 1 is 1.58 bits per heavy atom. The molecule has 1 N–H and O–H groups in total. The van der Waals surface area contributed by atoms with E-state index < -0.39 is 5.54 Å². The van der Waals surface area contributed by atoms with Gasteiger partial charge in [0.15, 0.2) is 5.82 Å². The number of aromatic nitrogens is 2. The van der Waals surface area contributed by atoms with Crippen LogP contribution in [0.4, 0.5) is 6.01 Å². The van der Waals surface area contributed by atoms with Gasteiger partial charge in [-0.15, -0.1) is 6.42 Å². The smallest absolute Gasteiger partial charge is 0.322 e. The first-order valence-corrected chi connectivity index (χ1v) is 3.60.